The van der Waals surface area contributed by atoms with E-state index in [0.29, 0.717) is 0 Å². The lowest BCUT2D eigenvalue weighted by Crippen LogP contribution is -2.68. The van der Waals surface area contributed by atoms with Crippen molar-refractivity contribution in [1.82, 2.24) is 0 Å². The van der Waals surface area contributed by atoms with Crippen LogP contribution in [0.4, 0.5) is 0 Å². The van der Waals surface area contributed by atoms with Crippen LogP contribution in [0.2, 0.25) is 0 Å². The van der Waals surface area contributed by atoms with Crippen molar-refractivity contribution in [2.24, 2.45) is 0 Å². The second kappa shape index (κ2) is 14.4. The Hall–Kier alpha value is -4.40. The Morgan fingerprint density at radius 1 is 0.568 bits per heavy atom. The highest BCUT2D eigenvalue weighted by molar-refractivity contribution is 7.18. The Bertz CT molecular complexity index is 1820. The molecule has 0 radical (unpaired) electrons. The number of para-hydroxylation sites is 1. The number of hydrogen-bond donors (Lipinski definition) is 0. The molecule has 0 saturated heterocycles. The summed E-state index contributed by atoms with van der Waals surface area (Å²) in [5.41, 5.74) is 9.78. The molecule has 0 saturated carbocycles. The van der Waals surface area contributed by atoms with Crippen molar-refractivity contribution in [2.45, 2.75) is 13.5 Å². The van der Waals surface area contributed by atoms with Crippen molar-refractivity contribution in [3.63, 3.8) is 0 Å². The van der Waals surface area contributed by atoms with Crippen LogP contribution in [0.1, 0.15) is 39.7 Å². The predicted octanol–water partition coefficient (Wildman–Crippen LogP) is 4.63. The zero-order valence-electron chi connectivity index (χ0n) is 24.0. The first-order valence-electron chi connectivity index (χ1n) is 14.0. The maximum Gasteiger partial charge on any atom is 0.262 e. The third kappa shape index (κ3) is 7.95. The monoisotopic (exact) mass is 619 g/mol. The molecule has 6 aromatic rings. The molecule has 0 N–H and O–H groups in total. The summed E-state index contributed by atoms with van der Waals surface area (Å²) in [5, 5.41) is 1.27. The number of hydrogen-bond acceptors (Lipinski definition) is 5. The number of benzene rings is 5. The average Bonchev–Trinajstić information content (AvgIpc) is 3.41. The van der Waals surface area contributed by atoms with E-state index >= 15 is 0 Å². The third-order valence-corrected chi connectivity index (χ3v) is 8.14. The number of thiazole rings is 1. The summed E-state index contributed by atoms with van der Waals surface area (Å²) in [6.45, 7) is 3.16. The van der Waals surface area contributed by atoms with Gasteiger partial charge in [-0.25, -0.2) is 18.6 Å². The van der Waals surface area contributed by atoms with Crippen LogP contribution in [0.15, 0.2) is 140 Å². The van der Waals surface area contributed by atoms with E-state index in [9.17, 15) is 0 Å². The zero-order chi connectivity index (χ0) is 30.9. The van der Waals surface area contributed by atoms with Crippen molar-refractivity contribution in [2.75, 3.05) is 0 Å². The molecule has 44 heavy (non-hydrogen) atoms. The van der Waals surface area contributed by atoms with Crippen LogP contribution < -0.4 is 23.2 Å². The molecule has 220 valence electrons. The van der Waals surface area contributed by atoms with Crippen molar-refractivity contribution >= 4 is 44.9 Å². The van der Waals surface area contributed by atoms with Gasteiger partial charge in [-0.3, -0.25) is 0 Å². The lowest BCUT2D eigenvalue weighted by Gasteiger charge is -2.18. The standard InChI is InChI=1S/C37H30NS.ClHO4/c1-2-38-33-20-12-13-21-34(33)39-35(38)27-24-28-22-25-32(26-23-28)37(31-18-10-5-11-19-31)36(29-14-6-3-7-15-29)30-16-8-4-9-17-30;2-1(3,4)5/h3-27H,2H2,1H3;(H,2,3,4,5)/q+1;/p-1/b27-24+;. The fourth-order valence-corrected chi connectivity index (χ4v) is 6.29. The highest BCUT2D eigenvalue weighted by Gasteiger charge is 2.17. The Morgan fingerprint density at radius 3 is 1.43 bits per heavy atom. The first-order chi connectivity index (χ1) is 21.3. The van der Waals surface area contributed by atoms with E-state index in [1.807, 2.05) is 11.3 Å². The van der Waals surface area contributed by atoms with Crippen LogP contribution in [-0.2, 0) is 6.54 Å². The number of halogens is 1. The first kappa shape index (κ1) is 31.0. The number of fused-ring (bicyclic) bond motifs is 1. The topological polar surface area (TPSA) is 96.1 Å². The number of rotatable bonds is 7. The molecule has 0 bridgehead atoms. The molecular formula is C37H30ClNO4S. The Morgan fingerprint density at radius 2 is 0.977 bits per heavy atom. The van der Waals surface area contributed by atoms with Gasteiger partial charge in [-0.15, -0.1) is 10.2 Å². The van der Waals surface area contributed by atoms with E-state index in [1.165, 1.54) is 54.2 Å². The van der Waals surface area contributed by atoms with E-state index in [4.69, 9.17) is 18.6 Å². The number of aromatic nitrogens is 1. The van der Waals surface area contributed by atoms with Gasteiger partial charge in [0.15, 0.2) is 0 Å². The van der Waals surface area contributed by atoms with Crippen LogP contribution in [-0.4, -0.2) is 0 Å². The normalized spacial score (nSPS) is 11.3. The number of aryl methyl sites for hydroxylation is 1. The largest absolute Gasteiger partial charge is 0.262 e. The molecule has 6 rings (SSSR count). The molecule has 1 aromatic heterocycles. The van der Waals surface area contributed by atoms with Crippen molar-refractivity contribution < 1.29 is 33.4 Å². The summed E-state index contributed by atoms with van der Waals surface area (Å²) in [5.74, 6) is 0. The Labute approximate surface area is 263 Å². The van der Waals surface area contributed by atoms with Crippen LogP contribution in [0.3, 0.4) is 0 Å². The highest BCUT2D eigenvalue weighted by atomic mass is 35.7. The van der Waals surface area contributed by atoms with Gasteiger partial charge in [0.1, 0.15) is 11.2 Å². The fraction of sp³-hybridized carbons (Fsp3) is 0.0541. The smallest absolute Gasteiger partial charge is 0.222 e. The molecule has 0 fully saturated rings. The van der Waals surface area contributed by atoms with Gasteiger partial charge in [-0.2, -0.15) is 4.57 Å². The first-order valence-corrected chi connectivity index (χ1v) is 16.1. The molecule has 0 aliphatic rings. The van der Waals surface area contributed by atoms with Gasteiger partial charge in [-0.1, -0.05) is 139 Å². The number of nitrogens with zero attached hydrogens (tertiary/aromatic N) is 1. The molecule has 0 aliphatic carbocycles. The van der Waals surface area contributed by atoms with Gasteiger partial charge in [0.05, 0.1) is 0 Å². The van der Waals surface area contributed by atoms with Gasteiger partial charge in [0, 0.05) is 12.1 Å². The van der Waals surface area contributed by atoms with Crippen LogP contribution >= 0.6 is 11.3 Å². The van der Waals surface area contributed by atoms with E-state index in [0.717, 1.165) is 6.54 Å². The predicted molar refractivity (Wildman–Crippen MR) is 167 cm³/mol. The molecule has 5 aromatic carbocycles. The fourth-order valence-electron chi connectivity index (χ4n) is 5.16. The molecular weight excluding hydrogens is 590 g/mol. The van der Waals surface area contributed by atoms with E-state index < -0.39 is 10.2 Å². The van der Waals surface area contributed by atoms with E-state index in [-0.39, 0.29) is 0 Å². The van der Waals surface area contributed by atoms with Crippen LogP contribution in [0.5, 0.6) is 0 Å². The van der Waals surface area contributed by atoms with Gasteiger partial charge < -0.3 is 0 Å². The summed E-state index contributed by atoms with van der Waals surface area (Å²) < 4.78 is 37.7. The second-order valence-electron chi connectivity index (χ2n) is 9.83. The van der Waals surface area contributed by atoms with E-state index in [2.05, 4.69) is 163 Å². The molecule has 5 nitrogen and oxygen atoms in total. The zero-order valence-corrected chi connectivity index (χ0v) is 25.6. The quantitative estimate of drug-likeness (QED) is 0.192. The lowest BCUT2D eigenvalue weighted by atomic mass is 9.85. The van der Waals surface area contributed by atoms with Gasteiger partial charge in [0.25, 0.3) is 5.01 Å². The van der Waals surface area contributed by atoms with Crippen molar-refractivity contribution in [3.05, 3.63) is 172 Å². The molecule has 0 amide bonds. The van der Waals surface area contributed by atoms with Crippen LogP contribution in [0, 0.1) is 10.2 Å². The Balaban J connectivity index is 0.000000712. The maximum absolute atomic E-state index is 8.49. The summed E-state index contributed by atoms with van der Waals surface area (Å²) in [6.07, 6.45) is 4.47. The summed E-state index contributed by atoms with van der Waals surface area (Å²) in [7, 11) is -4.94. The van der Waals surface area contributed by atoms with Gasteiger partial charge in [-0.05, 0) is 58.0 Å². The molecule has 1 heterocycles. The average molecular weight is 620 g/mol. The van der Waals surface area contributed by atoms with Crippen molar-refractivity contribution in [1.29, 1.82) is 0 Å². The minimum Gasteiger partial charge on any atom is -0.222 e. The third-order valence-electron chi connectivity index (χ3n) is 7.01. The van der Waals surface area contributed by atoms with Crippen molar-refractivity contribution in [3.8, 4) is 0 Å². The molecule has 7 heteroatoms. The highest BCUT2D eigenvalue weighted by Crippen LogP contribution is 2.37. The van der Waals surface area contributed by atoms with E-state index in [1.54, 1.807) is 0 Å². The summed E-state index contributed by atoms with van der Waals surface area (Å²) in [6, 6.07) is 49.8. The minimum absolute atomic E-state index is 0.954. The van der Waals surface area contributed by atoms with Gasteiger partial charge >= 0.3 is 0 Å². The lowest BCUT2D eigenvalue weighted by molar-refractivity contribution is -2.00. The molecule has 0 atom stereocenters. The summed E-state index contributed by atoms with van der Waals surface area (Å²) in [4.78, 5) is 0. The maximum atomic E-state index is 8.49. The molecule has 0 aliphatic heterocycles. The summed E-state index contributed by atoms with van der Waals surface area (Å²) >= 11 is 1.84. The molecule has 0 unspecified atom stereocenters. The minimum atomic E-state index is -4.94. The molecule has 0 spiro atoms. The van der Waals surface area contributed by atoms with Gasteiger partial charge in [0.2, 0.25) is 5.52 Å². The van der Waals surface area contributed by atoms with Crippen LogP contribution in [0.25, 0.3) is 33.5 Å². The SMILES string of the molecule is CC[n+]1c(/C=C/c2ccc(C(=C(c3ccccc3)c3ccccc3)c3ccccc3)cc2)sc2ccccc21.[O-][Cl+3]([O-])([O-])[O-]. The Kier molecular flexibility index (Phi) is 10.1. The second-order valence-corrected chi connectivity index (χ2v) is 11.7.